The largest absolute Gasteiger partial charge is 0.480 e. The predicted molar refractivity (Wildman–Crippen MR) is 101 cm³/mol. The third-order valence-electron chi connectivity index (χ3n) is 3.92. The average Bonchev–Trinajstić information content (AvgIpc) is 2.62. The number of aliphatic carboxylic acids is 1. The Morgan fingerprint density at radius 3 is 2.62 bits per heavy atom. The number of benzene rings is 2. The van der Waals surface area contributed by atoms with E-state index in [9.17, 15) is 14.7 Å². The first-order valence-corrected chi connectivity index (χ1v) is 8.52. The molecule has 1 atom stereocenters. The minimum absolute atomic E-state index is 0.0370. The topological polar surface area (TPSA) is 79.3 Å². The number of pyridine rings is 1. The van der Waals surface area contributed by atoms with Crippen LogP contribution >= 0.6 is 23.2 Å². The molecule has 0 spiro atoms. The second kappa shape index (κ2) is 7.72. The van der Waals surface area contributed by atoms with Crippen molar-refractivity contribution in [2.45, 2.75) is 12.5 Å². The number of nitrogens with one attached hydrogen (secondary N) is 1. The van der Waals surface area contributed by atoms with Gasteiger partial charge in [-0.25, -0.2) is 4.79 Å². The first kappa shape index (κ1) is 18.2. The molecule has 0 unspecified atom stereocenters. The lowest BCUT2D eigenvalue weighted by molar-refractivity contribution is -0.139. The fourth-order valence-electron chi connectivity index (χ4n) is 2.63. The molecule has 2 N–H and O–H groups in total. The first-order chi connectivity index (χ1) is 12.5. The normalized spacial score (nSPS) is 11.9. The lowest BCUT2D eigenvalue weighted by atomic mass is 10.0. The number of carbonyl (C=O) groups excluding carboxylic acids is 1. The summed E-state index contributed by atoms with van der Waals surface area (Å²) in [7, 11) is 0. The molecule has 26 heavy (non-hydrogen) atoms. The maximum absolute atomic E-state index is 12.6. The molecule has 0 saturated carbocycles. The number of amides is 1. The molecule has 5 nitrogen and oxygen atoms in total. The van der Waals surface area contributed by atoms with Crippen LogP contribution in [0, 0.1) is 0 Å². The second-order valence-electron chi connectivity index (χ2n) is 5.68. The van der Waals surface area contributed by atoms with Gasteiger partial charge in [-0.2, -0.15) is 0 Å². The summed E-state index contributed by atoms with van der Waals surface area (Å²) in [6.45, 7) is 0. The van der Waals surface area contributed by atoms with E-state index in [1.54, 1.807) is 36.5 Å². The maximum Gasteiger partial charge on any atom is 0.326 e. The summed E-state index contributed by atoms with van der Waals surface area (Å²) < 4.78 is 0. The number of rotatable bonds is 5. The predicted octanol–water partition coefficient (Wildman–Crippen LogP) is 3.97. The fraction of sp³-hybridized carbons (Fsp3) is 0.105. The van der Waals surface area contributed by atoms with Crippen LogP contribution in [0.5, 0.6) is 0 Å². The van der Waals surface area contributed by atoms with Crippen LogP contribution in [0.25, 0.3) is 10.9 Å². The van der Waals surface area contributed by atoms with Crippen LogP contribution in [0.3, 0.4) is 0 Å². The van der Waals surface area contributed by atoms with E-state index in [2.05, 4.69) is 10.3 Å². The van der Waals surface area contributed by atoms with Gasteiger partial charge in [-0.1, -0.05) is 47.5 Å². The highest BCUT2D eigenvalue weighted by atomic mass is 35.5. The fourth-order valence-corrected chi connectivity index (χ4v) is 3.12. The van der Waals surface area contributed by atoms with Gasteiger partial charge in [0.1, 0.15) is 6.04 Å². The summed E-state index contributed by atoms with van der Waals surface area (Å²) in [5.74, 6) is -1.66. The number of carboxylic acid groups (broad SMARTS) is 1. The highest BCUT2D eigenvalue weighted by molar-refractivity contribution is 6.35. The van der Waals surface area contributed by atoms with Crippen LogP contribution in [0.15, 0.2) is 54.7 Å². The number of halogens is 2. The Morgan fingerprint density at radius 2 is 1.88 bits per heavy atom. The smallest absolute Gasteiger partial charge is 0.326 e. The summed E-state index contributed by atoms with van der Waals surface area (Å²) in [5.41, 5.74) is 1.41. The van der Waals surface area contributed by atoms with Crippen LogP contribution in [0.1, 0.15) is 15.9 Å². The van der Waals surface area contributed by atoms with E-state index in [4.69, 9.17) is 23.2 Å². The van der Waals surface area contributed by atoms with Gasteiger partial charge in [0.2, 0.25) is 0 Å². The van der Waals surface area contributed by atoms with Gasteiger partial charge in [0.15, 0.2) is 0 Å². The zero-order chi connectivity index (χ0) is 18.7. The molecule has 0 saturated heterocycles. The van der Waals surface area contributed by atoms with Crippen LogP contribution in [-0.2, 0) is 11.2 Å². The Morgan fingerprint density at radius 1 is 1.12 bits per heavy atom. The molecule has 0 fully saturated rings. The maximum atomic E-state index is 12.6. The lowest BCUT2D eigenvalue weighted by Crippen LogP contribution is -2.42. The first-order valence-electron chi connectivity index (χ1n) is 7.77. The van der Waals surface area contributed by atoms with Gasteiger partial charge in [-0.15, -0.1) is 0 Å². The number of nitrogens with zero attached hydrogens (tertiary/aromatic N) is 1. The van der Waals surface area contributed by atoms with Crippen molar-refractivity contribution in [3.05, 3.63) is 75.9 Å². The molecule has 1 heterocycles. The Bertz CT molecular complexity index is 986. The van der Waals surface area contributed by atoms with Crippen LogP contribution < -0.4 is 5.32 Å². The van der Waals surface area contributed by atoms with Gasteiger partial charge in [-0.05, 0) is 29.8 Å². The van der Waals surface area contributed by atoms with Crippen molar-refractivity contribution in [3.63, 3.8) is 0 Å². The zero-order valence-corrected chi connectivity index (χ0v) is 15.0. The van der Waals surface area contributed by atoms with E-state index in [-0.39, 0.29) is 6.42 Å². The van der Waals surface area contributed by atoms with Crippen molar-refractivity contribution in [1.82, 2.24) is 10.3 Å². The highest BCUT2D eigenvalue weighted by Gasteiger charge is 2.23. The molecule has 7 heteroatoms. The molecule has 0 radical (unpaired) electrons. The van der Waals surface area contributed by atoms with Gasteiger partial charge in [0, 0.05) is 28.0 Å². The Balaban J connectivity index is 1.85. The summed E-state index contributed by atoms with van der Waals surface area (Å²) in [6, 6.07) is 12.4. The third kappa shape index (κ3) is 3.95. The minimum atomic E-state index is -1.16. The number of carboxylic acids is 1. The lowest BCUT2D eigenvalue weighted by Gasteiger charge is -2.16. The Kier molecular flexibility index (Phi) is 5.40. The second-order valence-corrected chi connectivity index (χ2v) is 6.53. The number of para-hydroxylation sites is 1. The van der Waals surface area contributed by atoms with Gasteiger partial charge in [0.25, 0.3) is 5.91 Å². The number of aromatic nitrogens is 1. The molecule has 132 valence electrons. The Hall–Kier alpha value is -2.63. The monoisotopic (exact) mass is 388 g/mol. The van der Waals surface area contributed by atoms with Gasteiger partial charge < -0.3 is 10.4 Å². The van der Waals surface area contributed by atoms with Crippen LogP contribution in [0.2, 0.25) is 10.0 Å². The summed E-state index contributed by atoms with van der Waals surface area (Å²) in [5, 5.41) is 13.6. The van der Waals surface area contributed by atoms with Crippen molar-refractivity contribution < 1.29 is 14.7 Å². The molecule has 0 aliphatic carbocycles. The quantitative estimate of drug-likeness (QED) is 0.692. The van der Waals surface area contributed by atoms with Crippen molar-refractivity contribution in [2.24, 2.45) is 0 Å². The van der Waals surface area contributed by atoms with Crippen molar-refractivity contribution in [2.75, 3.05) is 0 Å². The van der Waals surface area contributed by atoms with Gasteiger partial charge in [-0.3, -0.25) is 9.78 Å². The molecular formula is C19H14Cl2N2O3. The summed E-state index contributed by atoms with van der Waals surface area (Å²) in [4.78, 5) is 28.5. The molecule has 1 amide bonds. The van der Waals surface area contributed by atoms with Crippen molar-refractivity contribution >= 4 is 46.0 Å². The van der Waals surface area contributed by atoms with E-state index in [1.807, 2.05) is 12.1 Å². The number of hydrogen-bond acceptors (Lipinski definition) is 3. The molecule has 0 aliphatic rings. The molecule has 0 aliphatic heterocycles. The summed E-state index contributed by atoms with van der Waals surface area (Å²) in [6.07, 6.45) is 1.62. The van der Waals surface area contributed by atoms with E-state index >= 15 is 0 Å². The minimum Gasteiger partial charge on any atom is -0.480 e. The van der Waals surface area contributed by atoms with Gasteiger partial charge >= 0.3 is 5.97 Å². The third-order valence-corrected chi connectivity index (χ3v) is 4.51. The van der Waals surface area contributed by atoms with E-state index < -0.39 is 17.9 Å². The highest BCUT2D eigenvalue weighted by Crippen LogP contribution is 2.22. The molecule has 2 aromatic carbocycles. The van der Waals surface area contributed by atoms with Crippen LogP contribution in [0.4, 0.5) is 0 Å². The van der Waals surface area contributed by atoms with Crippen LogP contribution in [-0.4, -0.2) is 28.0 Å². The van der Waals surface area contributed by atoms with E-state index in [1.165, 1.54) is 6.07 Å². The van der Waals surface area contributed by atoms with E-state index in [0.717, 1.165) is 5.39 Å². The Labute approximate surface area is 159 Å². The number of fused-ring (bicyclic) bond motifs is 1. The molecule has 3 aromatic rings. The SMILES string of the molecule is O=C(N[C@H](Cc1ccc(Cl)cc1Cl)C(=O)O)c1cccc2cccnc12. The van der Waals surface area contributed by atoms with Crippen molar-refractivity contribution in [1.29, 1.82) is 0 Å². The summed E-state index contributed by atoms with van der Waals surface area (Å²) >= 11 is 12.0. The van der Waals surface area contributed by atoms with Crippen molar-refractivity contribution in [3.8, 4) is 0 Å². The number of hydrogen-bond donors (Lipinski definition) is 2. The average molecular weight is 389 g/mol. The zero-order valence-electron chi connectivity index (χ0n) is 13.4. The molecular weight excluding hydrogens is 375 g/mol. The number of carbonyl (C=O) groups is 2. The molecule has 0 bridgehead atoms. The molecule has 3 rings (SSSR count). The standard InChI is InChI=1S/C19H14Cl2N2O3/c20-13-7-6-12(15(21)10-13)9-16(19(25)26)23-18(24)14-5-1-3-11-4-2-8-22-17(11)14/h1-8,10,16H,9H2,(H,23,24)(H,25,26)/t16-/m1/s1. The van der Waals surface area contributed by atoms with E-state index in [0.29, 0.717) is 26.7 Å². The van der Waals surface area contributed by atoms with Gasteiger partial charge in [0.05, 0.1) is 11.1 Å². The molecule has 1 aromatic heterocycles.